The van der Waals surface area contributed by atoms with E-state index in [-0.39, 0.29) is 30.3 Å². The van der Waals surface area contributed by atoms with Crippen LogP contribution < -0.4 is 5.32 Å². The summed E-state index contributed by atoms with van der Waals surface area (Å²) < 4.78 is 0. The molecule has 0 bridgehead atoms. The molecular formula is C19H26N2O4. The molecule has 1 fully saturated rings. The topological polar surface area (TPSA) is 86.7 Å². The monoisotopic (exact) mass is 346 g/mol. The number of anilines is 1. The maximum Gasteiger partial charge on any atom is 0.323 e. The lowest BCUT2D eigenvalue weighted by molar-refractivity contribution is -0.138. The van der Waals surface area contributed by atoms with E-state index in [0.717, 1.165) is 25.7 Å². The Morgan fingerprint density at radius 2 is 1.88 bits per heavy atom. The number of carbonyl (C=O) groups excluding carboxylic acids is 2. The van der Waals surface area contributed by atoms with Gasteiger partial charge in [0, 0.05) is 23.2 Å². The van der Waals surface area contributed by atoms with Crippen LogP contribution in [0.15, 0.2) is 24.3 Å². The first kappa shape index (κ1) is 19.0. The Balaban J connectivity index is 2.10. The molecule has 1 saturated carbocycles. The Bertz CT molecular complexity index is 636. The first-order chi connectivity index (χ1) is 11.9. The Morgan fingerprint density at radius 3 is 2.48 bits per heavy atom. The lowest BCUT2D eigenvalue weighted by Gasteiger charge is -2.25. The van der Waals surface area contributed by atoms with Crippen LogP contribution in [0.2, 0.25) is 0 Å². The van der Waals surface area contributed by atoms with Crippen molar-refractivity contribution < 1.29 is 19.5 Å². The van der Waals surface area contributed by atoms with Crippen molar-refractivity contribution in [2.75, 3.05) is 11.9 Å². The van der Waals surface area contributed by atoms with Crippen molar-refractivity contribution in [3.8, 4) is 0 Å². The average molecular weight is 346 g/mol. The molecule has 2 amide bonds. The first-order valence-electron chi connectivity index (χ1n) is 8.82. The normalized spacial score (nSPS) is 15.0. The van der Waals surface area contributed by atoms with E-state index in [2.05, 4.69) is 5.32 Å². The van der Waals surface area contributed by atoms with Gasteiger partial charge in [0.1, 0.15) is 6.54 Å². The number of amides is 2. The Labute approximate surface area is 148 Å². The minimum Gasteiger partial charge on any atom is -0.480 e. The van der Waals surface area contributed by atoms with Gasteiger partial charge in [-0.3, -0.25) is 14.4 Å². The Morgan fingerprint density at radius 1 is 1.20 bits per heavy atom. The van der Waals surface area contributed by atoms with Crippen molar-refractivity contribution in [3.63, 3.8) is 0 Å². The summed E-state index contributed by atoms with van der Waals surface area (Å²) in [6.45, 7) is 3.19. The van der Waals surface area contributed by atoms with Gasteiger partial charge in [-0.15, -0.1) is 0 Å². The van der Waals surface area contributed by atoms with E-state index in [0.29, 0.717) is 11.3 Å². The van der Waals surface area contributed by atoms with E-state index in [9.17, 15) is 14.4 Å². The molecule has 0 atom stereocenters. The molecule has 1 aliphatic rings. The number of carboxylic acids is 1. The summed E-state index contributed by atoms with van der Waals surface area (Å²) >= 11 is 0. The molecule has 2 N–H and O–H groups in total. The van der Waals surface area contributed by atoms with Crippen molar-refractivity contribution in [2.24, 2.45) is 5.92 Å². The highest BCUT2D eigenvalue weighted by atomic mass is 16.4. The maximum atomic E-state index is 12.6. The van der Waals surface area contributed by atoms with Crippen LogP contribution in [0.25, 0.3) is 0 Å². The SMILES string of the molecule is CC(C)N(CC(=O)O)C(=O)c1cccc(NC(=O)C2CCCCC2)c1. The Hall–Kier alpha value is -2.37. The largest absolute Gasteiger partial charge is 0.480 e. The van der Waals surface area contributed by atoms with Crippen LogP contribution in [0.4, 0.5) is 5.69 Å². The third-order valence-electron chi connectivity index (χ3n) is 4.54. The highest BCUT2D eigenvalue weighted by molar-refractivity contribution is 5.98. The fraction of sp³-hybridized carbons (Fsp3) is 0.526. The van der Waals surface area contributed by atoms with E-state index >= 15 is 0 Å². The highest BCUT2D eigenvalue weighted by Crippen LogP contribution is 2.25. The second kappa shape index (κ2) is 8.65. The standard InChI is InChI=1S/C19H26N2O4/c1-13(2)21(12-17(22)23)19(25)15-9-6-10-16(11-15)20-18(24)14-7-4-3-5-8-14/h6,9-11,13-14H,3-5,7-8,12H2,1-2H3,(H,20,24)(H,22,23). The predicted molar refractivity (Wildman–Crippen MR) is 95.5 cm³/mol. The average Bonchev–Trinajstić information content (AvgIpc) is 2.59. The molecule has 2 rings (SSSR count). The smallest absolute Gasteiger partial charge is 0.323 e. The zero-order valence-corrected chi connectivity index (χ0v) is 14.8. The van der Waals surface area contributed by atoms with Crippen molar-refractivity contribution in [1.82, 2.24) is 4.90 Å². The molecule has 0 aliphatic heterocycles. The van der Waals surface area contributed by atoms with Gasteiger partial charge < -0.3 is 15.3 Å². The van der Waals surface area contributed by atoms with Gasteiger partial charge in [-0.1, -0.05) is 25.3 Å². The number of carbonyl (C=O) groups is 3. The van der Waals surface area contributed by atoms with Crippen LogP contribution in [0, 0.1) is 5.92 Å². The fourth-order valence-electron chi connectivity index (χ4n) is 3.14. The molecule has 0 unspecified atom stereocenters. The molecule has 0 aromatic heterocycles. The number of nitrogens with zero attached hydrogens (tertiary/aromatic N) is 1. The molecule has 1 aromatic rings. The summed E-state index contributed by atoms with van der Waals surface area (Å²) in [6.07, 6.45) is 5.15. The molecule has 1 aliphatic carbocycles. The van der Waals surface area contributed by atoms with E-state index in [4.69, 9.17) is 5.11 Å². The van der Waals surface area contributed by atoms with Crippen LogP contribution in [0.1, 0.15) is 56.3 Å². The highest BCUT2D eigenvalue weighted by Gasteiger charge is 2.23. The number of nitrogens with one attached hydrogen (secondary N) is 1. The molecule has 1 aromatic carbocycles. The number of rotatable bonds is 6. The van der Waals surface area contributed by atoms with Crippen LogP contribution >= 0.6 is 0 Å². The van der Waals surface area contributed by atoms with Gasteiger partial charge in [0.2, 0.25) is 5.91 Å². The Kier molecular flexibility index (Phi) is 6.56. The van der Waals surface area contributed by atoms with Gasteiger partial charge in [-0.05, 0) is 44.9 Å². The summed E-state index contributed by atoms with van der Waals surface area (Å²) in [4.78, 5) is 37.2. The summed E-state index contributed by atoms with van der Waals surface area (Å²) in [5.74, 6) is -1.38. The molecule has 6 nitrogen and oxygen atoms in total. The summed E-state index contributed by atoms with van der Waals surface area (Å²) in [5, 5.41) is 11.9. The molecule has 6 heteroatoms. The number of carboxylic acid groups (broad SMARTS) is 1. The summed E-state index contributed by atoms with van der Waals surface area (Å²) in [7, 11) is 0. The van der Waals surface area contributed by atoms with Crippen LogP contribution in [-0.4, -0.2) is 40.4 Å². The van der Waals surface area contributed by atoms with Crippen LogP contribution in [0.5, 0.6) is 0 Å². The van der Waals surface area contributed by atoms with E-state index in [1.807, 2.05) is 0 Å². The van der Waals surface area contributed by atoms with Crippen molar-refractivity contribution in [1.29, 1.82) is 0 Å². The number of hydrogen-bond donors (Lipinski definition) is 2. The molecule has 0 radical (unpaired) electrons. The third-order valence-corrected chi connectivity index (χ3v) is 4.54. The van der Waals surface area contributed by atoms with Crippen molar-refractivity contribution >= 4 is 23.5 Å². The molecule has 0 spiro atoms. The van der Waals surface area contributed by atoms with Gasteiger partial charge >= 0.3 is 5.97 Å². The maximum absolute atomic E-state index is 12.6. The quantitative estimate of drug-likeness (QED) is 0.828. The summed E-state index contributed by atoms with van der Waals surface area (Å²) in [6, 6.07) is 6.46. The number of benzene rings is 1. The zero-order chi connectivity index (χ0) is 18.4. The minimum absolute atomic E-state index is 0.00412. The molecule has 0 heterocycles. The lowest BCUT2D eigenvalue weighted by Crippen LogP contribution is -2.40. The van der Waals surface area contributed by atoms with Crippen molar-refractivity contribution in [3.05, 3.63) is 29.8 Å². The second-order valence-electron chi connectivity index (χ2n) is 6.83. The van der Waals surface area contributed by atoms with Gasteiger partial charge in [0.15, 0.2) is 0 Å². The second-order valence-corrected chi connectivity index (χ2v) is 6.83. The molecular weight excluding hydrogens is 320 g/mol. The molecule has 0 saturated heterocycles. The first-order valence-corrected chi connectivity index (χ1v) is 8.82. The van der Waals surface area contributed by atoms with Gasteiger partial charge in [-0.25, -0.2) is 0 Å². The van der Waals surface area contributed by atoms with Gasteiger partial charge in [0.25, 0.3) is 5.91 Å². The fourth-order valence-corrected chi connectivity index (χ4v) is 3.14. The van der Waals surface area contributed by atoms with Gasteiger partial charge in [-0.2, -0.15) is 0 Å². The van der Waals surface area contributed by atoms with E-state index < -0.39 is 5.97 Å². The number of hydrogen-bond acceptors (Lipinski definition) is 3. The van der Waals surface area contributed by atoms with Gasteiger partial charge in [0.05, 0.1) is 0 Å². The van der Waals surface area contributed by atoms with E-state index in [1.165, 1.54) is 11.3 Å². The lowest BCUT2D eigenvalue weighted by atomic mass is 9.88. The van der Waals surface area contributed by atoms with Crippen LogP contribution in [-0.2, 0) is 9.59 Å². The zero-order valence-electron chi connectivity index (χ0n) is 14.8. The summed E-state index contributed by atoms with van der Waals surface area (Å²) in [5.41, 5.74) is 0.942. The third kappa shape index (κ3) is 5.31. The number of aliphatic carboxylic acids is 1. The molecule has 136 valence electrons. The van der Waals surface area contributed by atoms with Crippen molar-refractivity contribution in [2.45, 2.75) is 52.0 Å². The minimum atomic E-state index is -1.05. The predicted octanol–water partition coefficient (Wildman–Crippen LogP) is 3.14. The van der Waals surface area contributed by atoms with E-state index in [1.54, 1.807) is 38.1 Å². The molecule has 25 heavy (non-hydrogen) atoms. The van der Waals surface area contributed by atoms with Crippen LogP contribution in [0.3, 0.4) is 0 Å².